The first-order valence-electron chi connectivity index (χ1n) is 6.34. The molecule has 0 aliphatic rings. The summed E-state index contributed by atoms with van der Waals surface area (Å²) in [4.78, 5) is 12.3. The number of carbonyl (C=O) groups excluding carboxylic acids is 1. The summed E-state index contributed by atoms with van der Waals surface area (Å²) in [5.74, 6) is 0.380. The minimum atomic E-state index is -0.184. The van der Waals surface area contributed by atoms with Gasteiger partial charge in [0.15, 0.2) is 0 Å². The fourth-order valence-corrected chi connectivity index (χ4v) is 2.07. The van der Waals surface area contributed by atoms with E-state index >= 15 is 0 Å². The van der Waals surface area contributed by atoms with Crippen LogP contribution in [0.5, 0.6) is 5.75 Å². The highest BCUT2D eigenvalue weighted by Crippen LogP contribution is 2.24. The number of nitrogens with two attached hydrogens (primary N) is 1. The average molecular weight is 270 g/mol. The van der Waals surface area contributed by atoms with Gasteiger partial charge in [-0.25, -0.2) is 0 Å². The van der Waals surface area contributed by atoms with Crippen LogP contribution < -0.4 is 15.8 Å². The standard InChI is InChI=1S/C16H18N2O2/c1-10-5-4-6-11(2)15(10)18-16(19)12-7-8-14(20-3)13(17)9-12/h4-9H,17H2,1-3H3,(H,18,19). The van der Waals surface area contributed by atoms with Crippen molar-refractivity contribution in [3.8, 4) is 5.75 Å². The Labute approximate surface area is 118 Å². The number of para-hydroxylation sites is 1. The summed E-state index contributed by atoms with van der Waals surface area (Å²) in [5, 5.41) is 2.92. The molecular weight excluding hydrogens is 252 g/mol. The molecule has 0 heterocycles. The van der Waals surface area contributed by atoms with Gasteiger partial charge in [-0.3, -0.25) is 4.79 Å². The zero-order valence-electron chi connectivity index (χ0n) is 11.9. The van der Waals surface area contributed by atoms with E-state index < -0.39 is 0 Å². The van der Waals surface area contributed by atoms with Gasteiger partial charge in [-0.1, -0.05) is 18.2 Å². The summed E-state index contributed by atoms with van der Waals surface area (Å²) in [6, 6.07) is 10.9. The molecule has 2 aromatic carbocycles. The highest BCUT2D eigenvalue weighted by Gasteiger charge is 2.11. The molecule has 0 spiro atoms. The Morgan fingerprint density at radius 1 is 1.15 bits per heavy atom. The number of carbonyl (C=O) groups is 1. The molecule has 2 aromatic rings. The molecule has 4 heteroatoms. The van der Waals surface area contributed by atoms with E-state index in [1.807, 2.05) is 32.0 Å². The third kappa shape index (κ3) is 2.74. The Morgan fingerprint density at radius 3 is 2.35 bits per heavy atom. The first-order valence-corrected chi connectivity index (χ1v) is 6.34. The number of amides is 1. The van der Waals surface area contributed by atoms with Gasteiger partial charge in [-0.15, -0.1) is 0 Å². The lowest BCUT2D eigenvalue weighted by molar-refractivity contribution is 0.102. The molecule has 0 saturated carbocycles. The fourth-order valence-electron chi connectivity index (χ4n) is 2.07. The SMILES string of the molecule is COc1ccc(C(=O)Nc2c(C)cccc2C)cc1N. The molecule has 2 rings (SSSR count). The van der Waals surface area contributed by atoms with Gasteiger partial charge in [0.05, 0.1) is 12.8 Å². The molecule has 0 unspecified atom stereocenters. The average Bonchev–Trinajstić information content (AvgIpc) is 2.42. The van der Waals surface area contributed by atoms with E-state index in [1.165, 1.54) is 0 Å². The summed E-state index contributed by atoms with van der Waals surface area (Å²) in [6.07, 6.45) is 0. The van der Waals surface area contributed by atoms with Crippen LogP contribution in [0.3, 0.4) is 0 Å². The van der Waals surface area contributed by atoms with Crippen LogP contribution in [0, 0.1) is 13.8 Å². The summed E-state index contributed by atoms with van der Waals surface area (Å²) in [5.41, 5.74) is 9.66. The Kier molecular flexibility index (Phi) is 3.94. The van der Waals surface area contributed by atoms with E-state index in [4.69, 9.17) is 10.5 Å². The van der Waals surface area contributed by atoms with Crippen LogP contribution in [0.4, 0.5) is 11.4 Å². The van der Waals surface area contributed by atoms with Crippen molar-refractivity contribution in [2.24, 2.45) is 0 Å². The topological polar surface area (TPSA) is 64.3 Å². The van der Waals surface area contributed by atoms with Crippen LogP contribution in [0.25, 0.3) is 0 Å². The van der Waals surface area contributed by atoms with E-state index in [0.29, 0.717) is 17.0 Å². The molecule has 20 heavy (non-hydrogen) atoms. The predicted molar refractivity (Wildman–Crippen MR) is 81.3 cm³/mol. The van der Waals surface area contributed by atoms with Crippen molar-refractivity contribution in [2.45, 2.75) is 13.8 Å². The number of aryl methyl sites for hydroxylation is 2. The van der Waals surface area contributed by atoms with Crippen LogP contribution >= 0.6 is 0 Å². The summed E-state index contributed by atoms with van der Waals surface area (Å²) in [6.45, 7) is 3.93. The quantitative estimate of drug-likeness (QED) is 0.842. The highest BCUT2D eigenvalue weighted by molar-refractivity contribution is 6.05. The molecule has 0 aliphatic carbocycles. The van der Waals surface area contributed by atoms with Gasteiger partial charge in [0.25, 0.3) is 5.91 Å². The van der Waals surface area contributed by atoms with Crippen molar-refractivity contribution in [1.82, 2.24) is 0 Å². The molecule has 0 saturated heterocycles. The Morgan fingerprint density at radius 2 is 1.80 bits per heavy atom. The second-order valence-electron chi connectivity index (χ2n) is 4.68. The molecule has 0 atom stereocenters. The Hall–Kier alpha value is -2.49. The van der Waals surface area contributed by atoms with Gasteiger partial charge < -0.3 is 15.8 Å². The zero-order valence-corrected chi connectivity index (χ0v) is 11.9. The molecule has 4 nitrogen and oxygen atoms in total. The van der Waals surface area contributed by atoms with Crippen LogP contribution in [-0.4, -0.2) is 13.0 Å². The monoisotopic (exact) mass is 270 g/mol. The lowest BCUT2D eigenvalue weighted by Crippen LogP contribution is -2.14. The predicted octanol–water partition coefficient (Wildman–Crippen LogP) is 3.15. The number of hydrogen-bond donors (Lipinski definition) is 2. The van der Waals surface area contributed by atoms with Gasteiger partial charge in [-0.05, 0) is 43.2 Å². The molecule has 0 radical (unpaired) electrons. The number of nitrogen functional groups attached to an aromatic ring is 1. The van der Waals surface area contributed by atoms with Gasteiger partial charge in [0, 0.05) is 11.3 Å². The molecule has 0 aromatic heterocycles. The second kappa shape index (κ2) is 5.65. The molecule has 0 aliphatic heterocycles. The number of nitrogens with one attached hydrogen (secondary N) is 1. The molecular formula is C16H18N2O2. The van der Waals surface area contributed by atoms with Gasteiger partial charge in [-0.2, -0.15) is 0 Å². The minimum Gasteiger partial charge on any atom is -0.495 e. The van der Waals surface area contributed by atoms with Crippen LogP contribution in [0.15, 0.2) is 36.4 Å². The highest BCUT2D eigenvalue weighted by atomic mass is 16.5. The summed E-state index contributed by atoms with van der Waals surface area (Å²) in [7, 11) is 1.54. The molecule has 0 fully saturated rings. The fraction of sp³-hybridized carbons (Fsp3) is 0.188. The van der Waals surface area contributed by atoms with E-state index in [9.17, 15) is 4.79 Å². The molecule has 0 bridgehead atoms. The van der Waals surface area contributed by atoms with Crippen LogP contribution in [0.1, 0.15) is 21.5 Å². The summed E-state index contributed by atoms with van der Waals surface area (Å²) >= 11 is 0. The first-order chi connectivity index (χ1) is 9.52. The molecule has 104 valence electrons. The molecule has 3 N–H and O–H groups in total. The number of benzene rings is 2. The number of methoxy groups -OCH3 is 1. The second-order valence-corrected chi connectivity index (χ2v) is 4.68. The van der Waals surface area contributed by atoms with Gasteiger partial charge >= 0.3 is 0 Å². The number of hydrogen-bond acceptors (Lipinski definition) is 3. The van der Waals surface area contributed by atoms with Crippen molar-refractivity contribution >= 4 is 17.3 Å². The van der Waals surface area contributed by atoms with Gasteiger partial charge in [0.1, 0.15) is 5.75 Å². The van der Waals surface area contributed by atoms with Crippen molar-refractivity contribution in [3.63, 3.8) is 0 Å². The smallest absolute Gasteiger partial charge is 0.255 e. The number of ether oxygens (including phenoxy) is 1. The lowest BCUT2D eigenvalue weighted by Gasteiger charge is -2.12. The van der Waals surface area contributed by atoms with Crippen molar-refractivity contribution in [1.29, 1.82) is 0 Å². The van der Waals surface area contributed by atoms with E-state index in [0.717, 1.165) is 16.8 Å². The van der Waals surface area contributed by atoms with E-state index in [1.54, 1.807) is 25.3 Å². The largest absolute Gasteiger partial charge is 0.495 e. The zero-order chi connectivity index (χ0) is 14.7. The third-order valence-corrected chi connectivity index (χ3v) is 3.21. The maximum atomic E-state index is 12.3. The maximum absolute atomic E-state index is 12.3. The van der Waals surface area contributed by atoms with E-state index in [2.05, 4.69) is 5.32 Å². The third-order valence-electron chi connectivity index (χ3n) is 3.21. The molecule has 1 amide bonds. The minimum absolute atomic E-state index is 0.184. The lowest BCUT2D eigenvalue weighted by atomic mass is 10.1. The van der Waals surface area contributed by atoms with Crippen molar-refractivity contribution in [2.75, 3.05) is 18.2 Å². The van der Waals surface area contributed by atoms with Crippen LogP contribution in [0.2, 0.25) is 0 Å². The van der Waals surface area contributed by atoms with Crippen molar-refractivity contribution < 1.29 is 9.53 Å². The first kappa shape index (κ1) is 13.9. The van der Waals surface area contributed by atoms with Gasteiger partial charge in [0.2, 0.25) is 0 Å². The summed E-state index contributed by atoms with van der Waals surface area (Å²) < 4.78 is 5.08. The Bertz CT molecular complexity index is 631. The van der Waals surface area contributed by atoms with E-state index in [-0.39, 0.29) is 5.91 Å². The van der Waals surface area contributed by atoms with Crippen molar-refractivity contribution in [3.05, 3.63) is 53.1 Å². The Balaban J connectivity index is 2.26. The van der Waals surface area contributed by atoms with Crippen LogP contribution in [-0.2, 0) is 0 Å². The number of anilines is 2. The number of rotatable bonds is 3. The normalized spacial score (nSPS) is 10.2. The maximum Gasteiger partial charge on any atom is 0.255 e.